The van der Waals surface area contributed by atoms with Crippen molar-refractivity contribution in [1.82, 2.24) is 4.90 Å². The topological polar surface area (TPSA) is 46.3 Å². The monoisotopic (exact) mass is 322 g/mol. The molecule has 3 nitrogen and oxygen atoms in total. The van der Waals surface area contributed by atoms with E-state index < -0.39 is 0 Å². The number of halogens is 1. The Hall–Kier alpha value is -1.03. The molecule has 2 unspecified atom stereocenters. The Kier molecular flexibility index (Phi) is 3.29. The summed E-state index contributed by atoms with van der Waals surface area (Å²) in [7, 11) is 0. The summed E-state index contributed by atoms with van der Waals surface area (Å²) < 4.78 is 0.873. The van der Waals surface area contributed by atoms with Crippen molar-refractivity contribution >= 4 is 27.5 Å². The molecule has 1 aliphatic heterocycles. The molecule has 0 radical (unpaired) electrons. The lowest BCUT2D eigenvalue weighted by atomic mass is 10.0. The van der Waals surface area contributed by atoms with E-state index in [9.17, 15) is 4.79 Å². The maximum atomic E-state index is 12.7. The molecule has 4 heteroatoms. The molecule has 1 aromatic rings. The maximum absolute atomic E-state index is 12.7. The van der Waals surface area contributed by atoms with Gasteiger partial charge in [0.2, 0.25) is 0 Å². The van der Waals surface area contributed by atoms with Crippen LogP contribution in [0.1, 0.15) is 35.2 Å². The van der Waals surface area contributed by atoms with Gasteiger partial charge in [0.1, 0.15) is 0 Å². The van der Waals surface area contributed by atoms with Crippen molar-refractivity contribution < 1.29 is 4.79 Å². The highest BCUT2D eigenvalue weighted by Gasteiger charge is 2.38. The van der Waals surface area contributed by atoms with Gasteiger partial charge >= 0.3 is 0 Å². The minimum absolute atomic E-state index is 0.139. The fraction of sp³-hybridized carbons (Fsp3) is 0.533. The van der Waals surface area contributed by atoms with Crippen LogP contribution in [0.15, 0.2) is 16.6 Å². The minimum Gasteiger partial charge on any atom is -0.398 e. The highest BCUT2D eigenvalue weighted by molar-refractivity contribution is 9.10. The van der Waals surface area contributed by atoms with Crippen LogP contribution in [0, 0.1) is 18.8 Å². The standard InChI is InChI=1S/C15H19BrN2O/c1-9-13(5-12(16)6-14(9)17)15(19)18-7-10-3-2-4-11(10)8-18/h5-6,10-11H,2-4,7-8,17H2,1H3. The normalized spacial score (nSPS) is 25.7. The molecule has 1 aromatic carbocycles. The van der Waals surface area contributed by atoms with Gasteiger partial charge in [0.05, 0.1) is 0 Å². The van der Waals surface area contributed by atoms with Crippen molar-refractivity contribution in [2.75, 3.05) is 18.8 Å². The SMILES string of the molecule is Cc1c(N)cc(Br)cc1C(=O)N1CC2CCCC2C1. The number of benzene rings is 1. The van der Waals surface area contributed by atoms with Crippen molar-refractivity contribution in [3.63, 3.8) is 0 Å². The summed E-state index contributed by atoms with van der Waals surface area (Å²) >= 11 is 3.42. The highest BCUT2D eigenvalue weighted by atomic mass is 79.9. The van der Waals surface area contributed by atoms with Crippen molar-refractivity contribution in [2.45, 2.75) is 26.2 Å². The molecular formula is C15H19BrN2O. The molecule has 0 bridgehead atoms. The largest absolute Gasteiger partial charge is 0.398 e. The zero-order valence-electron chi connectivity index (χ0n) is 11.2. The van der Waals surface area contributed by atoms with Crippen LogP contribution >= 0.6 is 15.9 Å². The Bertz CT molecular complexity index is 517. The third-order valence-electron chi connectivity index (χ3n) is 4.66. The van der Waals surface area contributed by atoms with Gasteiger partial charge in [-0.15, -0.1) is 0 Å². The molecule has 2 fully saturated rings. The van der Waals surface area contributed by atoms with E-state index in [-0.39, 0.29) is 5.91 Å². The number of likely N-dealkylation sites (tertiary alicyclic amines) is 1. The summed E-state index contributed by atoms with van der Waals surface area (Å²) in [6, 6.07) is 3.74. The molecule has 2 atom stereocenters. The number of carbonyl (C=O) groups excluding carboxylic acids is 1. The summed E-state index contributed by atoms with van der Waals surface area (Å²) in [6.07, 6.45) is 3.91. The van der Waals surface area contributed by atoms with Crippen LogP contribution < -0.4 is 5.73 Å². The summed E-state index contributed by atoms with van der Waals surface area (Å²) in [5.74, 6) is 1.60. The van der Waals surface area contributed by atoms with E-state index >= 15 is 0 Å². The summed E-state index contributed by atoms with van der Waals surface area (Å²) in [5.41, 5.74) is 8.26. The van der Waals surface area contributed by atoms with E-state index in [4.69, 9.17) is 5.73 Å². The van der Waals surface area contributed by atoms with Crippen molar-refractivity contribution in [2.24, 2.45) is 11.8 Å². The first kappa shape index (κ1) is 13.0. The third-order valence-corrected chi connectivity index (χ3v) is 5.11. The van der Waals surface area contributed by atoms with Gasteiger partial charge in [0.15, 0.2) is 0 Å². The van der Waals surface area contributed by atoms with Crippen molar-refractivity contribution in [3.05, 3.63) is 27.7 Å². The number of fused-ring (bicyclic) bond motifs is 1. The molecule has 0 spiro atoms. The average molecular weight is 323 g/mol. The van der Waals surface area contributed by atoms with Crippen LogP contribution in [-0.2, 0) is 0 Å². The van der Waals surface area contributed by atoms with Gasteiger partial charge in [-0.2, -0.15) is 0 Å². The molecule has 1 amide bonds. The van der Waals surface area contributed by atoms with E-state index in [2.05, 4.69) is 15.9 Å². The zero-order chi connectivity index (χ0) is 13.6. The van der Waals surface area contributed by atoms with E-state index in [0.29, 0.717) is 5.69 Å². The second-order valence-electron chi connectivity index (χ2n) is 5.83. The number of nitrogens with zero attached hydrogens (tertiary/aromatic N) is 1. The second-order valence-corrected chi connectivity index (χ2v) is 6.74. The highest BCUT2D eigenvalue weighted by Crippen LogP contribution is 2.38. The molecule has 1 saturated carbocycles. The third kappa shape index (κ3) is 2.27. The number of hydrogen-bond donors (Lipinski definition) is 1. The Morgan fingerprint density at radius 1 is 1.32 bits per heavy atom. The predicted molar refractivity (Wildman–Crippen MR) is 80.0 cm³/mol. The van der Waals surface area contributed by atoms with Crippen molar-refractivity contribution in [3.8, 4) is 0 Å². The first-order valence-corrected chi connectivity index (χ1v) is 7.70. The average Bonchev–Trinajstić information content (AvgIpc) is 2.93. The number of anilines is 1. The molecule has 19 heavy (non-hydrogen) atoms. The number of amides is 1. The van der Waals surface area contributed by atoms with Gasteiger partial charge in [-0.3, -0.25) is 4.79 Å². The van der Waals surface area contributed by atoms with E-state index in [0.717, 1.165) is 40.5 Å². The molecule has 1 aliphatic carbocycles. The first-order valence-electron chi connectivity index (χ1n) is 6.91. The van der Waals surface area contributed by atoms with Crippen LogP contribution in [-0.4, -0.2) is 23.9 Å². The van der Waals surface area contributed by atoms with Crippen LogP contribution in [0.5, 0.6) is 0 Å². The lowest BCUT2D eigenvalue weighted by Gasteiger charge is -2.19. The molecule has 3 rings (SSSR count). The van der Waals surface area contributed by atoms with Gasteiger partial charge in [-0.25, -0.2) is 0 Å². The predicted octanol–water partition coefficient (Wildman–Crippen LogP) is 3.21. The van der Waals surface area contributed by atoms with Gasteiger partial charge in [-0.1, -0.05) is 22.4 Å². The van der Waals surface area contributed by atoms with E-state index in [1.165, 1.54) is 19.3 Å². The molecule has 1 saturated heterocycles. The number of rotatable bonds is 1. The van der Waals surface area contributed by atoms with E-state index in [1.54, 1.807) is 0 Å². The fourth-order valence-electron chi connectivity index (χ4n) is 3.49. The number of nitrogen functional groups attached to an aromatic ring is 1. The quantitative estimate of drug-likeness (QED) is 0.807. The molecule has 0 aromatic heterocycles. The Morgan fingerprint density at radius 2 is 1.95 bits per heavy atom. The Balaban J connectivity index is 1.85. The molecular weight excluding hydrogens is 304 g/mol. The van der Waals surface area contributed by atoms with Gasteiger partial charge in [-0.05, 0) is 49.3 Å². The second kappa shape index (κ2) is 4.82. The minimum atomic E-state index is 0.139. The fourth-order valence-corrected chi connectivity index (χ4v) is 3.97. The Morgan fingerprint density at radius 3 is 2.58 bits per heavy atom. The molecule has 2 aliphatic rings. The first-order chi connectivity index (χ1) is 9.06. The molecule has 2 N–H and O–H groups in total. The van der Waals surface area contributed by atoms with Gasteiger partial charge in [0.25, 0.3) is 5.91 Å². The van der Waals surface area contributed by atoms with Gasteiger partial charge < -0.3 is 10.6 Å². The number of hydrogen-bond acceptors (Lipinski definition) is 2. The van der Waals surface area contributed by atoms with E-state index in [1.807, 2.05) is 24.0 Å². The summed E-state index contributed by atoms with van der Waals surface area (Å²) in [6.45, 7) is 3.77. The zero-order valence-corrected chi connectivity index (χ0v) is 12.7. The van der Waals surface area contributed by atoms with Crippen LogP contribution in [0.2, 0.25) is 0 Å². The summed E-state index contributed by atoms with van der Waals surface area (Å²) in [4.78, 5) is 14.7. The number of carbonyl (C=O) groups is 1. The lowest BCUT2D eigenvalue weighted by Crippen LogP contribution is -2.30. The molecule has 102 valence electrons. The van der Waals surface area contributed by atoms with Crippen LogP contribution in [0.3, 0.4) is 0 Å². The Labute approximate surface area is 122 Å². The summed E-state index contributed by atoms with van der Waals surface area (Å²) in [5, 5.41) is 0. The van der Waals surface area contributed by atoms with Crippen LogP contribution in [0.25, 0.3) is 0 Å². The van der Waals surface area contributed by atoms with Crippen molar-refractivity contribution in [1.29, 1.82) is 0 Å². The van der Waals surface area contributed by atoms with Crippen LogP contribution in [0.4, 0.5) is 5.69 Å². The smallest absolute Gasteiger partial charge is 0.254 e. The maximum Gasteiger partial charge on any atom is 0.254 e. The molecule has 1 heterocycles. The lowest BCUT2D eigenvalue weighted by molar-refractivity contribution is 0.0780. The van der Waals surface area contributed by atoms with Gasteiger partial charge in [0, 0.05) is 28.8 Å². The number of nitrogens with two attached hydrogens (primary N) is 1.